The Labute approximate surface area is 94.0 Å². The average molecular weight is 234 g/mol. The molecule has 1 atom stereocenters. The van der Waals surface area contributed by atoms with Crippen LogP contribution in [0.5, 0.6) is 0 Å². The summed E-state index contributed by atoms with van der Waals surface area (Å²) in [5, 5.41) is 1.02. The van der Waals surface area contributed by atoms with Gasteiger partial charge in [-0.15, -0.1) is 0 Å². The summed E-state index contributed by atoms with van der Waals surface area (Å²) in [5.41, 5.74) is 5.88. The van der Waals surface area contributed by atoms with E-state index in [1.165, 1.54) is 0 Å². The van der Waals surface area contributed by atoms with Crippen LogP contribution in [0.1, 0.15) is 12.5 Å². The summed E-state index contributed by atoms with van der Waals surface area (Å²) in [6.07, 6.45) is 0. The zero-order valence-corrected chi connectivity index (χ0v) is 9.69. The van der Waals surface area contributed by atoms with Crippen molar-refractivity contribution in [2.45, 2.75) is 12.5 Å². The topological polar surface area (TPSA) is 35.2 Å². The minimum Gasteiger partial charge on any atom is -0.372 e. The van der Waals surface area contributed by atoms with Crippen molar-refractivity contribution in [2.24, 2.45) is 5.73 Å². The smallest absolute Gasteiger partial charge is 0.104 e. The number of ether oxygens (including phenoxy) is 1. The number of benzene rings is 1. The van der Waals surface area contributed by atoms with Gasteiger partial charge in [0.15, 0.2) is 0 Å². The highest BCUT2D eigenvalue weighted by Gasteiger charge is 2.27. The highest BCUT2D eigenvalue weighted by Crippen LogP contribution is 2.34. The molecule has 14 heavy (non-hydrogen) atoms. The van der Waals surface area contributed by atoms with Crippen LogP contribution in [-0.4, -0.2) is 13.7 Å². The molecule has 1 unspecified atom stereocenters. The monoisotopic (exact) mass is 233 g/mol. The molecule has 0 saturated heterocycles. The molecular weight excluding hydrogens is 221 g/mol. The Kier molecular flexibility index (Phi) is 3.78. The molecule has 0 heterocycles. The molecule has 4 heteroatoms. The normalized spacial score (nSPS) is 15.2. The van der Waals surface area contributed by atoms with Gasteiger partial charge in [0.05, 0.1) is 10.0 Å². The van der Waals surface area contributed by atoms with E-state index in [-0.39, 0.29) is 0 Å². The molecule has 0 aliphatic heterocycles. The Morgan fingerprint density at radius 3 is 2.57 bits per heavy atom. The minimum absolute atomic E-state index is 0.351. The van der Waals surface area contributed by atoms with E-state index in [0.29, 0.717) is 16.6 Å². The van der Waals surface area contributed by atoms with Gasteiger partial charge >= 0.3 is 0 Å². The lowest BCUT2D eigenvalue weighted by molar-refractivity contribution is 0.0102. The van der Waals surface area contributed by atoms with Crippen LogP contribution in [0.4, 0.5) is 0 Å². The molecule has 1 aromatic carbocycles. The Bertz CT molecular complexity index is 324. The van der Waals surface area contributed by atoms with Gasteiger partial charge in [0.25, 0.3) is 0 Å². The van der Waals surface area contributed by atoms with Gasteiger partial charge in [0.1, 0.15) is 5.60 Å². The first-order chi connectivity index (χ1) is 6.55. The second-order valence-electron chi connectivity index (χ2n) is 3.24. The van der Waals surface area contributed by atoms with E-state index in [0.717, 1.165) is 5.56 Å². The summed E-state index contributed by atoms with van der Waals surface area (Å²) in [4.78, 5) is 0. The third kappa shape index (κ3) is 2.04. The number of methoxy groups -OCH3 is 1. The van der Waals surface area contributed by atoms with Gasteiger partial charge < -0.3 is 10.5 Å². The Morgan fingerprint density at radius 2 is 2.07 bits per heavy atom. The largest absolute Gasteiger partial charge is 0.372 e. The summed E-state index contributed by atoms with van der Waals surface area (Å²) in [7, 11) is 1.60. The molecule has 1 aromatic rings. The number of hydrogen-bond acceptors (Lipinski definition) is 2. The molecule has 0 spiro atoms. The zero-order valence-electron chi connectivity index (χ0n) is 8.18. The predicted octanol–water partition coefficient (Wildman–Crippen LogP) is 2.81. The molecule has 1 rings (SSSR count). The summed E-state index contributed by atoms with van der Waals surface area (Å²) in [6.45, 7) is 2.23. The molecule has 0 fully saturated rings. The first-order valence-corrected chi connectivity index (χ1v) is 5.00. The lowest BCUT2D eigenvalue weighted by Crippen LogP contribution is -2.34. The summed E-state index contributed by atoms with van der Waals surface area (Å²) >= 11 is 12.0. The molecule has 0 aliphatic carbocycles. The van der Waals surface area contributed by atoms with Crippen molar-refractivity contribution in [3.63, 3.8) is 0 Å². The molecule has 2 N–H and O–H groups in total. The quantitative estimate of drug-likeness (QED) is 0.872. The van der Waals surface area contributed by atoms with Crippen LogP contribution in [0.3, 0.4) is 0 Å². The molecule has 0 aromatic heterocycles. The molecule has 0 aliphatic rings. The fourth-order valence-electron chi connectivity index (χ4n) is 1.22. The van der Waals surface area contributed by atoms with Crippen LogP contribution in [0, 0.1) is 0 Å². The van der Waals surface area contributed by atoms with Crippen LogP contribution in [0.2, 0.25) is 10.0 Å². The molecule has 0 saturated carbocycles. The third-order valence-electron chi connectivity index (χ3n) is 2.36. The van der Waals surface area contributed by atoms with Crippen molar-refractivity contribution in [3.05, 3.63) is 33.8 Å². The average Bonchev–Trinajstić information content (AvgIpc) is 2.21. The third-order valence-corrected chi connectivity index (χ3v) is 3.18. The Morgan fingerprint density at radius 1 is 1.43 bits per heavy atom. The number of nitrogens with two attached hydrogens (primary N) is 1. The van der Waals surface area contributed by atoms with Gasteiger partial charge in [-0.25, -0.2) is 0 Å². The first-order valence-electron chi connectivity index (χ1n) is 4.25. The number of halogens is 2. The molecule has 78 valence electrons. The Hall–Kier alpha value is -0.280. The van der Waals surface area contributed by atoms with Crippen molar-refractivity contribution in [3.8, 4) is 0 Å². The molecule has 0 radical (unpaired) electrons. The van der Waals surface area contributed by atoms with Gasteiger partial charge in [-0.2, -0.15) is 0 Å². The maximum Gasteiger partial charge on any atom is 0.104 e. The lowest BCUT2D eigenvalue weighted by atomic mass is 9.96. The molecule has 0 bridgehead atoms. The van der Waals surface area contributed by atoms with E-state index in [1.807, 2.05) is 19.1 Å². The van der Waals surface area contributed by atoms with E-state index < -0.39 is 5.60 Å². The molecular formula is C10H13Cl2NO. The highest BCUT2D eigenvalue weighted by molar-refractivity contribution is 6.42. The predicted molar refractivity (Wildman–Crippen MR) is 59.9 cm³/mol. The second kappa shape index (κ2) is 4.49. The number of hydrogen-bond donors (Lipinski definition) is 1. The van der Waals surface area contributed by atoms with E-state index in [2.05, 4.69) is 0 Å². The van der Waals surface area contributed by atoms with Crippen molar-refractivity contribution in [2.75, 3.05) is 13.7 Å². The van der Waals surface area contributed by atoms with Crippen LogP contribution in [0.25, 0.3) is 0 Å². The summed E-state index contributed by atoms with van der Waals surface area (Å²) in [5.74, 6) is 0. The number of rotatable bonds is 3. The fraction of sp³-hybridized carbons (Fsp3) is 0.400. The van der Waals surface area contributed by atoms with E-state index in [4.69, 9.17) is 33.7 Å². The minimum atomic E-state index is -0.581. The SMILES string of the molecule is COC(C)(CN)c1cccc(Cl)c1Cl. The first kappa shape index (κ1) is 11.8. The van der Waals surface area contributed by atoms with E-state index >= 15 is 0 Å². The second-order valence-corrected chi connectivity index (χ2v) is 4.03. The van der Waals surface area contributed by atoms with Crippen LogP contribution in [-0.2, 0) is 10.3 Å². The molecule has 2 nitrogen and oxygen atoms in total. The Balaban J connectivity index is 3.24. The van der Waals surface area contributed by atoms with Crippen LogP contribution >= 0.6 is 23.2 Å². The standard InChI is InChI=1S/C10H13Cl2NO/c1-10(6-13,14-2)7-4-3-5-8(11)9(7)12/h3-5H,6,13H2,1-2H3. The highest BCUT2D eigenvalue weighted by atomic mass is 35.5. The van der Waals surface area contributed by atoms with Crippen LogP contribution < -0.4 is 5.73 Å². The fourth-order valence-corrected chi connectivity index (χ4v) is 1.72. The van der Waals surface area contributed by atoms with Crippen molar-refractivity contribution in [1.82, 2.24) is 0 Å². The molecule has 0 amide bonds. The van der Waals surface area contributed by atoms with Gasteiger partial charge in [0, 0.05) is 19.2 Å². The van der Waals surface area contributed by atoms with E-state index in [1.54, 1.807) is 13.2 Å². The van der Waals surface area contributed by atoms with Crippen LogP contribution in [0.15, 0.2) is 18.2 Å². The van der Waals surface area contributed by atoms with E-state index in [9.17, 15) is 0 Å². The van der Waals surface area contributed by atoms with Crippen molar-refractivity contribution in [1.29, 1.82) is 0 Å². The summed E-state index contributed by atoms with van der Waals surface area (Å²) in [6, 6.07) is 5.43. The van der Waals surface area contributed by atoms with Gasteiger partial charge in [-0.3, -0.25) is 0 Å². The van der Waals surface area contributed by atoms with Crippen molar-refractivity contribution >= 4 is 23.2 Å². The lowest BCUT2D eigenvalue weighted by Gasteiger charge is -2.28. The van der Waals surface area contributed by atoms with Gasteiger partial charge in [0.2, 0.25) is 0 Å². The van der Waals surface area contributed by atoms with Gasteiger partial charge in [-0.1, -0.05) is 35.3 Å². The summed E-state index contributed by atoms with van der Waals surface area (Å²) < 4.78 is 5.34. The zero-order chi connectivity index (χ0) is 10.8. The maximum absolute atomic E-state index is 6.07. The maximum atomic E-state index is 6.07. The van der Waals surface area contributed by atoms with Crippen molar-refractivity contribution < 1.29 is 4.74 Å². The van der Waals surface area contributed by atoms with Gasteiger partial charge in [-0.05, 0) is 13.0 Å².